The fourth-order valence-corrected chi connectivity index (χ4v) is 4.38. The van der Waals surface area contributed by atoms with Gasteiger partial charge in [0.1, 0.15) is 6.04 Å². The Morgan fingerprint density at radius 1 is 1.24 bits per heavy atom. The van der Waals surface area contributed by atoms with Gasteiger partial charge in [-0.1, -0.05) is 43.7 Å². The Morgan fingerprint density at radius 3 is 2.59 bits per heavy atom. The van der Waals surface area contributed by atoms with Gasteiger partial charge in [-0.3, -0.25) is 9.48 Å². The van der Waals surface area contributed by atoms with Crippen LogP contribution in [0.2, 0.25) is 0 Å². The van der Waals surface area contributed by atoms with Gasteiger partial charge in [-0.05, 0) is 43.7 Å². The van der Waals surface area contributed by atoms with Crippen molar-refractivity contribution in [1.29, 1.82) is 0 Å². The molecule has 0 aliphatic heterocycles. The standard InChI is InChI=1S/C23H30N4OS/c1-5-6-8-18-10-12-19(13-11-18)23(20-9-7-14-29-20)24-15-21(28)25-22-16(2)26-27(4)17(22)3/h7,9-14,23-24H,5-6,8,15H2,1-4H3,(H,25,28)/p+1/t23-/m1/s1. The number of amides is 1. The van der Waals surface area contributed by atoms with Crippen molar-refractivity contribution >= 4 is 22.9 Å². The lowest BCUT2D eigenvalue weighted by Gasteiger charge is -2.15. The minimum absolute atomic E-state index is 0.00896. The van der Waals surface area contributed by atoms with Crippen molar-refractivity contribution in [1.82, 2.24) is 9.78 Å². The van der Waals surface area contributed by atoms with Crippen LogP contribution in [0.25, 0.3) is 0 Å². The fourth-order valence-electron chi connectivity index (χ4n) is 3.53. The molecule has 2 aromatic heterocycles. The second-order valence-corrected chi connectivity index (χ2v) is 8.47. The quantitative estimate of drug-likeness (QED) is 0.563. The highest BCUT2D eigenvalue weighted by molar-refractivity contribution is 7.10. The van der Waals surface area contributed by atoms with Gasteiger partial charge >= 0.3 is 0 Å². The van der Waals surface area contributed by atoms with Crippen LogP contribution in [-0.4, -0.2) is 22.2 Å². The third kappa shape index (κ3) is 5.34. The lowest BCUT2D eigenvalue weighted by atomic mass is 10.0. The molecule has 5 nitrogen and oxygen atoms in total. The van der Waals surface area contributed by atoms with Crippen molar-refractivity contribution in [3.05, 3.63) is 69.2 Å². The molecule has 0 aliphatic carbocycles. The summed E-state index contributed by atoms with van der Waals surface area (Å²) in [4.78, 5) is 13.9. The average Bonchev–Trinajstić information content (AvgIpc) is 3.32. The molecule has 6 heteroatoms. The molecule has 29 heavy (non-hydrogen) atoms. The normalized spacial score (nSPS) is 12.1. The maximum Gasteiger partial charge on any atom is 0.279 e. The number of nitrogens with one attached hydrogen (secondary N) is 1. The van der Waals surface area contributed by atoms with Crippen molar-refractivity contribution in [2.75, 3.05) is 11.9 Å². The topological polar surface area (TPSA) is 63.5 Å². The summed E-state index contributed by atoms with van der Waals surface area (Å²) >= 11 is 1.73. The molecule has 0 saturated heterocycles. The molecular formula is C23H31N4OS+. The van der Waals surface area contributed by atoms with E-state index in [0.717, 1.165) is 23.5 Å². The average molecular weight is 412 g/mol. The van der Waals surface area contributed by atoms with E-state index in [1.807, 2.05) is 20.9 Å². The van der Waals surface area contributed by atoms with Crippen LogP contribution in [-0.2, 0) is 18.3 Å². The number of unbranched alkanes of at least 4 members (excludes halogenated alkanes) is 1. The first-order valence-corrected chi connectivity index (χ1v) is 11.1. The van der Waals surface area contributed by atoms with Gasteiger partial charge in [0.15, 0.2) is 6.54 Å². The Labute approximate surface area is 177 Å². The van der Waals surface area contributed by atoms with E-state index >= 15 is 0 Å². The van der Waals surface area contributed by atoms with Gasteiger partial charge in [-0.2, -0.15) is 5.10 Å². The smallest absolute Gasteiger partial charge is 0.279 e. The number of benzene rings is 1. The molecule has 0 unspecified atom stereocenters. The third-order valence-corrected chi connectivity index (χ3v) is 6.28. The van der Waals surface area contributed by atoms with E-state index in [0.29, 0.717) is 6.54 Å². The summed E-state index contributed by atoms with van der Waals surface area (Å²) in [5.74, 6) is -0.00896. The molecular weight excluding hydrogens is 380 g/mol. The van der Waals surface area contributed by atoms with E-state index < -0.39 is 0 Å². The number of hydrogen-bond acceptors (Lipinski definition) is 3. The van der Waals surface area contributed by atoms with Gasteiger partial charge in [0.05, 0.1) is 22.0 Å². The third-order valence-electron chi connectivity index (χ3n) is 5.32. The Morgan fingerprint density at radius 2 is 2.00 bits per heavy atom. The predicted octanol–water partition coefficient (Wildman–Crippen LogP) is 3.73. The maximum absolute atomic E-state index is 12.6. The van der Waals surface area contributed by atoms with E-state index in [4.69, 9.17) is 0 Å². The zero-order valence-corrected chi connectivity index (χ0v) is 18.6. The summed E-state index contributed by atoms with van der Waals surface area (Å²) in [7, 11) is 1.89. The van der Waals surface area contributed by atoms with Crippen LogP contribution in [0, 0.1) is 13.8 Å². The molecule has 154 valence electrons. The van der Waals surface area contributed by atoms with Crippen LogP contribution < -0.4 is 10.6 Å². The lowest BCUT2D eigenvalue weighted by molar-refractivity contribution is -0.675. The number of hydrogen-bond donors (Lipinski definition) is 2. The van der Waals surface area contributed by atoms with Gasteiger partial charge in [-0.15, -0.1) is 11.3 Å². The van der Waals surface area contributed by atoms with Crippen LogP contribution in [0.1, 0.15) is 53.2 Å². The molecule has 0 fully saturated rings. The molecule has 3 rings (SSSR count). The molecule has 0 aliphatic rings. The molecule has 0 radical (unpaired) electrons. The van der Waals surface area contributed by atoms with Crippen molar-refractivity contribution in [2.24, 2.45) is 7.05 Å². The Kier molecular flexibility index (Phi) is 7.23. The number of nitrogens with two attached hydrogens (primary N) is 1. The first-order valence-electron chi connectivity index (χ1n) is 10.2. The monoisotopic (exact) mass is 411 g/mol. The van der Waals surface area contributed by atoms with Crippen molar-refractivity contribution < 1.29 is 10.1 Å². The van der Waals surface area contributed by atoms with E-state index in [-0.39, 0.29) is 11.9 Å². The van der Waals surface area contributed by atoms with Crippen molar-refractivity contribution in [3.63, 3.8) is 0 Å². The molecule has 0 saturated carbocycles. The molecule has 2 heterocycles. The van der Waals surface area contributed by atoms with Crippen LogP contribution in [0.5, 0.6) is 0 Å². The van der Waals surface area contributed by atoms with Crippen molar-refractivity contribution in [3.8, 4) is 0 Å². The van der Waals surface area contributed by atoms with Gasteiger partial charge in [0.25, 0.3) is 5.91 Å². The predicted molar refractivity (Wildman–Crippen MR) is 119 cm³/mol. The van der Waals surface area contributed by atoms with Crippen LogP contribution in [0.4, 0.5) is 5.69 Å². The Hall–Kier alpha value is -2.44. The zero-order valence-electron chi connectivity index (χ0n) is 17.7. The summed E-state index contributed by atoms with van der Waals surface area (Å²) in [6.07, 6.45) is 3.54. The van der Waals surface area contributed by atoms with E-state index in [2.05, 4.69) is 64.4 Å². The van der Waals surface area contributed by atoms with Gasteiger partial charge in [0, 0.05) is 12.6 Å². The molecule has 1 amide bonds. The van der Waals surface area contributed by atoms with E-state index in [1.54, 1.807) is 16.0 Å². The second kappa shape index (κ2) is 9.85. The highest BCUT2D eigenvalue weighted by atomic mass is 32.1. The van der Waals surface area contributed by atoms with Crippen LogP contribution in [0.15, 0.2) is 41.8 Å². The second-order valence-electron chi connectivity index (χ2n) is 7.50. The minimum atomic E-state index is -0.00896. The number of aryl methyl sites for hydroxylation is 3. The van der Waals surface area contributed by atoms with Crippen LogP contribution in [0.3, 0.4) is 0 Å². The summed E-state index contributed by atoms with van der Waals surface area (Å²) < 4.78 is 1.79. The number of aromatic nitrogens is 2. The summed E-state index contributed by atoms with van der Waals surface area (Å²) in [5.41, 5.74) is 5.23. The number of nitrogens with zero attached hydrogens (tertiary/aromatic N) is 2. The summed E-state index contributed by atoms with van der Waals surface area (Å²) in [5, 5.41) is 11.6. The molecule has 0 spiro atoms. The number of thiophene rings is 1. The number of carbonyl (C=O) groups is 1. The fraction of sp³-hybridized carbons (Fsp3) is 0.391. The molecule has 3 aromatic rings. The number of anilines is 1. The first kappa shape index (κ1) is 21.3. The van der Waals surface area contributed by atoms with Crippen molar-refractivity contribution in [2.45, 2.75) is 46.1 Å². The van der Waals surface area contributed by atoms with Crippen LogP contribution >= 0.6 is 11.3 Å². The van der Waals surface area contributed by atoms with Gasteiger partial charge in [-0.25, -0.2) is 0 Å². The maximum atomic E-state index is 12.6. The van der Waals surface area contributed by atoms with E-state index in [9.17, 15) is 4.79 Å². The Bertz CT molecular complexity index is 929. The highest BCUT2D eigenvalue weighted by Crippen LogP contribution is 2.23. The summed E-state index contributed by atoms with van der Waals surface area (Å²) in [6.45, 7) is 6.46. The minimum Gasteiger partial charge on any atom is -0.328 e. The van der Waals surface area contributed by atoms with E-state index in [1.165, 1.54) is 28.8 Å². The lowest BCUT2D eigenvalue weighted by Crippen LogP contribution is -2.87. The largest absolute Gasteiger partial charge is 0.328 e. The van der Waals surface area contributed by atoms with Gasteiger partial charge in [0.2, 0.25) is 0 Å². The number of carbonyl (C=O) groups excluding carboxylic acids is 1. The zero-order chi connectivity index (χ0) is 20.8. The number of rotatable bonds is 9. The number of quaternary nitrogens is 1. The van der Waals surface area contributed by atoms with Gasteiger partial charge < -0.3 is 10.6 Å². The molecule has 3 N–H and O–H groups in total. The summed E-state index contributed by atoms with van der Waals surface area (Å²) in [6, 6.07) is 13.2. The highest BCUT2D eigenvalue weighted by Gasteiger charge is 2.21. The SMILES string of the molecule is CCCCc1ccc([C@@H]([NH2+]CC(=O)Nc2c(C)nn(C)c2C)c2cccs2)cc1. The Balaban J connectivity index is 1.69. The first-order chi connectivity index (χ1) is 14.0. The molecule has 0 bridgehead atoms. The molecule has 1 aromatic carbocycles. The molecule has 1 atom stereocenters.